The van der Waals surface area contributed by atoms with Gasteiger partial charge in [0, 0.05) is 0 Å². The van der Waals surface area contributed by atoms with Gasteiger partial charge in [-0.15, -0.1) is 0 Å². The van der Waals surface area contributed by atoms with Crippen LogP contribution in [0, 0.1) is 21.7 Å². The highest BCUT2D eigenvalue weighted by atomic mass is 32.2. The van der Waals surface area contributed by atoms with E-state index in [0.29, 0.717) is 0 Å². The number of primary sulfonamides is 1. The van der Waals surface area contributed by atoms with Gasteiger partial charge in [-0.3, -0.25) is 10.1 Å². The Hall–Kier alpha value is -1.66. The molecule has 0 spiro atoms. The van der Waals surface area contributed by atoms with Crippen molar-refractivity contribution in [2.24, 2.45) is 5.14 Å². The average Bonchev–Trinajstić information content (AvgIpc) is 2.24. The van der Waals surface area contributed by atoms with E-state index in [1.165, 1.54) is 0 Å². The molecule has 20 heavy (non-hydrogen) atoms. The number of hydrogen-bond acceptors (Lipinski definition) is 6. The molecule has 8 nitrogen and oxygen atoms in total. The lowest BCUT2D eigenvalue weighted by Gasteiger charge is -2.06. The van der Waals surface area contributed by atoms with Gasteiger partial charge in [0.05, 0.1) is 28.6 Å². The Balaban J connectivity index is 3.29. The third kappa shape index (κ3) is 3.91. The number of sulfone groups is 1. The maximum atomic E-state index is 13.5. The standard InChI is InChI=1S/C8H8F2N2O6S2/c9-6-3-5(12(13)14)4-7(10)8(6)19(15,16)1-2-20(11,17)18/h3-4H,1-2H2,(H2,11,17,18). The summed E-state index contributed by atoms with van der Waals surface area (Å²) < 4.78 is 71.5. The highest BCUT2D eigenvalue weighted by Gasteiger charge is 2.28. The van der Waals surface area contributed by atoms with Crippen LogP contribution >= 0.6 is 0 Å². The smallest absolute Gasteiger partial charge is 0.258 e. The fourth-order valence-corrected chi connectivity index (χ4v) is 4.00. The number of nitrogens with zero attached hydrogens (tertiary/aromatic N) is 1. The van der Waals surface area contributed by atoms with Crippen LogP contribution in [0.15, 0.2) is 17.0 Å². The number of sulfonamides is 1. The third-order valence-electron chi connectivity index (χ3n) is 2.14. The molecular formula is C8H8F2N2O6S2. The van der Waals surface area contributed by atoms with Crippen molar-refractivity contribution in [2.75, 3.05) is 11.5 Å². The molecule has 0 saturated heterocycles. The van der Waals surface area contributed by atoms with Gasteiger partial charge in [0.1, 0.15) is 4.90 Å². The van der Waals surface area contributed by atoms with Crippen molar-refractivity contribution in [3.63, 3.8) is 0 Å². The van der Waals surface area contributed by atoms with E-state index in [2.05, 4.69) is 5.14 Å². The summed E-state index contributed by atoms with van der Waals surface area (Å²) >= 11 is 0. The second-order valence-corrected chi connectivity index (χ2v) is 7.46. The summed E-state index contributed by atoms with van der Waals surface area (Å²) in [6.45, 7) is 0. The van der Waals surface area contributed by atoms with Gasteiger partial charge >= 0.3 is 0 Å². The second kappa shape index (κ2) is 5.38. The lowest BCUT2D eigenvalue weighted by atomic mass is 10.3. The molecule has 0 unspecified atom stereocenters. The summed E-state index contributed by atoms with van der Waals surface area (Å²) in [4.78, 5) is 7.82. The van der Waals surface area contributed by atoms with Crippen molar-refractivity contribution in [3.05, 3.63) is 33.9 Å². The van der Waals surface area contributed by atoms with Crippen molar-refractivity contribution in [3.8, 4) is 0 Å². The monoisotopic (exact) mass is 330 g/mol. The van der Waals surface area contributed by atoms with E-state index in [1.807, 2.05) is 0 Å². The molecule has 0 bridgehead atoms. The zero-order valence-electron chi connectivity index (χ0n) is 9.62. The molecule has 0 saturated carbocycles. The SMILES string of the molecule is NS(=O)(=O)CCS(=O)(=O)c1c(F)cc([N+](=O)[O-])cc1F. The van der Waals surface area contributed by atoms with Gasteiger partial charge in [-0.2, -0.15) is 0 Å². The molecule has 0 aromatic heterocycles. The van der Waals surface area contributed by atoms with Crippen molar-refractivity contribution >= 4 is 25.5 Å². The first-order chi connectivity index (χ1) is 8.94. The quantitative estimate of drug-likeness (QED) is 0.593. The topological polar surface area (TPSA) is 137 Å². The molecular weight excluding hydrogens is 322 g/mol. The molecule has 0 amide bonds. The first-order valence-corrected chi connectivity index (χ1v) is 8.17. The Morgan fingerprint density at radius 2 is 1.55 bits per heavy atom. The fraction of sp³-hybridized carbons (Fsp3) is 0.250. The van der Waals surface area contributed by atoms with E-state index in [4.69, 9.17) is 0 Å². The third-order valence-corrected chi connectivity index (χ3v) is 4.93. The molecule has 1 aromatic carbocycles. The molecule has 12 heteroatoms. The molecule has 0 fully saturated rings. The molecule has 0 aliphatic heterocycles. The minimum atomic E-state index is -4.63. The molecule has 0 aliphatic rings. The van der Waals surface area contributed by atoms with E-state index in [9.17, 15) is 35.7 Å². The van der Waals surface area contributed by atoms with Gasteiger partial charge < -0.3 is 0 Å². The molecule has 0 radical (unpaired) electrons. The van der Waals surface area contributed by atoms with Crippen LogP contribution in [0.25, 0.3) is 0 Å². The molecule has 112 valence electrons. The van der Waals surface area contributed by atoms with Crippen LogP contribution in [0.2, 0.25) is 0 Å². The predicted molar refractivity (Wildman–Crippen MR) is 63.0 cm³/mol. The van der Waals surface area contributed by atoms with Gasteiger partial charge in [-0.05, 0) is 0 Å². The van der Waals surface area contributed by atoms with Crippen molar-refractivity contribution in [2.45, 2.75) is 4.90 Å². The Kier molecular flexibility index (Phi) is 4.41. The minimum Gasteiger partial charge on any atom is -0.258 e. The number of rotatable bonds is 5. The number of hydrogen-bond donors (Lipinski definition) is 1. The average molecular weight is 330 g/mol. The highest BCUT2D eigenvalue weighted by molar-refractivity contribution is 7.94. The van der Waals surface area contributed by atoms with Crippen LogP contribution in [0.5, 0.6) is 0 Å². The van der Waals surface area contributed by atoms with E-state index < -0.39 is 58.5 Å². The van der Waals surface area contributed by atoms with E-state index in [1.54, 1.807) is 0 Å². The van der Waals surface area contributed by atoms with Gasteiger partial charge in [-0.25, -0.2) is 30.8 Å². The number of halogens is 2. The van der Waals surface area contributed by atoms with Crippen molar-refractivity contribution < 1.29 is 30.5 Å². The molecule has 0 aliphatic carbocycles. The van der Waals surface area contributed by atoms with Crippen LogP contribution in [0.3, 0.4) is 0 Å². The van der Waals surface area contributed by atoms with E-state index in [-0.39, 0.29) is 12.1 Å². The number of benzene rings is 1. The zero-order valence-corrected chi connectivity index (χ0v) is 11.2. The highest BCUT2D eigenvalue weighted by Crippen LogP contribution is 2.25. The van der Waals surface area contributed by atoms with Gasteiger partial charge in [-0.1, -0.05) is 0 Å². The number of non-ortho nitro benzene ring substituents is 1. The second-order valence-electron chi connectivity index (χ2n) is 3.68. The Morgan fingerprint density at radius 1 is 1.10 bits per heavy atom. The zero-order chi connectivity index (χ0) is 15.7. The Morgan fingerprint density at radius 3 is 1.90 bits per heavy atom. The summed E-state index contributed by atoms with van der Waals surface area (Å²) in [5.74, 6) is -5.53. The lowest BCUT2D eigenvalue weighted by molar-refractivity contribution is -0.385. The van der Waals surface area contributed by atoms with Crippen molar-refractivity contribution in [1.29, 1.82) is 0 Å². The van der Waals surface area contributed by atoms with Crippen molar-refractivity contribution in [1.82, 2.24) is 0 Å². The van der Waals surface area contributed by atoms with Gasteiger partial charge in [0.15, 0.2) is 21.5 Å². The van der Waals surface area contributed by atoms with Crippen LogP contribution in [0.4, 0.5) is 14.5 Å². The fourth-order valence-electron chi connectivity index (χ4n) is 1.28. The van der Waals surface area contributed by atoms with Gasteiger partial charge in [0.25, 0.3) is 5.69 Å². The molecule has 1 rings (SSSR count). The number of nitro benzene ring substituents is 1. The first-order valence-electron chi connectivity index (χ1n) is 4.81. The maximum Gasteiger partial charge on any atom is 0.275 e. The van der Waals surface area contributed by atoms with E-state index >= 15 is 0 Å². The lowest BCUT2D eigenvalue weighted by Crippen LogP contribution is -2.24. The summed E-state index contributed by atoms with van der Waals surface area (Å²) in [5.41, 5.74) is -0.967. The number of nitrogens with two attached hydrogens (primary N) is 1. The molecule has 1 aromatic rings. The largest absolute Gasteiger partial charge is 0.275 e. The first kappa shape index (κ1) is 16.4. The van der Waals surface area contributed by atoms with Crippen LogP contribution in [-0.4, -0.2) is 33.3 Å². The predicted octanol–water partition coefficient (Wildman–Crippen LogP) is -0.0648. The Labute approximate surface area is 112 Å². The molecule has 0 atom stereocenters. The molecule has 2 N–H and O–H groups in total. The van der Waals surface area contributed by atoms with Crippen LogP contribution < -0.4 is 5.14 Å². The van der Waals surface area contributed by atoms with Gasteiger partial charge in [0.2, 0.25) is 10.0 Å². The van der Waals surface area contributed by atoms with E-state index in [0.717, 1.165) is 0 Å². The summed E-state index contributed by atoms with van der Waals surface area (Å²) in [7, 11) is -8.77. The Bertz CT molecular complexity index is 736. The summed E-state index contributed by atoms with van der Waals surface area (Å²) in [6, 6.07) is 0.458. The van der Waals surface area contributed by atoms with Crippen LogP contribution in [-0.2, 0) is 19.9 Å². The number of nitro groups is 1. The molecule has 0 heterocycles. The summed E-state index contributed by atoms with van der Waals surface area (Å²) in [6.07, 6.45) is 0. The maximum absolute atomic E-state index is 13.5. The summed E-state index contributed by atoms with van der Waals surface area (Å²) in [5, 5.41) is 14.9. The van der Waals surface area contributed by atoms with Crippen LogP contribution in [0.1, 0.15) is 0 Å². The minimum absolute atomic E-state index is 0.229. The normalized spacial score (nSPS) is 12.3.